The Bertz CT molecular complexity index is 744. The van der Waals surface area contributed by atoms with Crippen molar-refractivity contribution in [1.29, 1.82) is 0 Å². The number of benzene rings is 3. The number of aliphatic hydroxyl groups is 1. The predicted molar refractivity (Wildman–Crippen MR) is 100 cm³/mol. The van der Waals surface area contributed by atoms with Crippen LogP contribution in [0.5, 0.6) is 0 Å². The lowest BCUT2D eigenvalue weighted by Gasteiger charge is -2.23. The fraction of sp³-hybridized carbons (Fsp3) is 0.143. The van der Waals surface area contributed by atoms with Crippen molar-refractivity contribution in [1.82, 2.24) is 0 Å². The Morgan fingerprint density at radius 1 is 0.750 bits per heavy atom. The van der Waals surface area contributed by atoms with Crippen LogP contribution in [0.15, 0.2) is 84.9 Å². The summed E-state index contributed by atoms with van der Waals surface area (Å²) in [6.45, 7) is 0. The number of aliphatic hydroxyl groups excluding tert-OH is 1. The Hall–Kier alpha value is -2.29. The summed E-state index contributed by atoms with van der Waals surface area (Å²) in [5.41, 5.74) is 3.05. The lowest BCUT2D eigenvalue weighted by Crippen LogP contribution is -2.14. The van der Waals surface area contributed by atoms with Gasteiger partial charge in [0.15, 0.2) is 0 Å². The minimum absolute atomic E-state index is 0.00239. The molecule has 2 N–H and O–H groups in total. The third-order valence-electron chi connectivity index (χ3n) is 4.03. The van der Waals surface area contributed by atoms with Gasteiger partial charge in [0, 0.05) is 17.1 Å². The molecule has 0 heterocycles. The topological polar surface area (TPSA) is 32.3 Å². The summed E-state index contributed by atoms with van der Waals surface area (Å²) in [5, 5.41) is 14.8. The number of hydrogen-bond donors (Lipinski definition) is 2. The van der Waals surface area contributed by atoms with Crippen LogP contribution in [-0.4, -0.2) is 5.11 Å². The summed E-state index contributed by atoms with van der Waals surface area (Å²) in [6.07, 6.45) is 0.0487. The maximum atomic E-state index is 10.6. The number of nitrogens with one attached hydrogen (secondary N) is 1. The molecule has 2 atom stereocenters. The average Bonchev–Trinajstić information content (AvgIpc) is 2.64. The minimum Gasteiger partial charge on any atom is -0.388 e. The molecule has 0 saturated heterocycles. The Morgan fingerprint density at radius 2 is 1.29 bits per heavy atom. The number of anilines is 1. The zero-order chi connectivity index (χ0) is 16.8. The third-order valence-corrected chi connectivity index (χ3v) is 4.28. The van der Waals surface area contributed by atoms with Crippen molar-refractivity contribution < 1.29 is 5.11 Å². The Labute approximate surface area is 147 Å². The highest BCUT2D eigenvalue weighted by atomic mass is 35.5. The highest BCUT2D eigenvalue weighted by molar-refractivity contribution is 6.30. The zero-order valence-corrected chi connectivity index (χ0v) is 14.0. The van der Waals surface area contributed by atoms with E-state index in [1.807, 2.05) is 72.8 Å². The van der Waals surface area contributed by atoms with Crippen molar-refractivity contribution in [2.75, 3.05) is 5.32 Å². The second-order valence-electron chi connectivity index (χ2n) is 5.78. The van der Waals surface area contributed by atoms with Crippen LogP contribution in [-0.2, 0) is 0 Å². The second-order valence-corrected chi connectivity index (χ2v) is 6.21. The maximum Gasteiger partial charge on any atom is 0.0812 e. The predicted octanol–water partition coefficient (Wildman–Crippen LogP) is 5.62. The molecule has 3 aromatic rings. The molecular formula is C21H20ClNO. The molecule has 0 unspecified atom stereocenters. The largest absolute Gasteiger partial charge is 0.388 e. The third kappa shape index (κ3) is 4.38. The van der Waals surface area contributed by atoms with Crippen molar-refractivity contribution in [2.24, 2.45) is 0 Å². The molecule has 0 aliphatic rings. The van der Waals surface area contributed by atoms with E-state index >= 15 is 0 Å². The summed E-state index contributed by atoms with van der Waals surface area (Å²) in [4.78, 5) is 0. The fourth-order valence-electron chi connectivity index (χ4n) is 2.75. The molecule has 0 aliphatic carbocycles. The van der Waals surface area contributed by atoms with Gasteiger partial charge in [-0.25, -0.2) is 0 Å². The Morgan fingerprint density at radius 3 is 1.88 bits per heavy atom. The van der Waals surface area contributed by atoms with Crippen molar-refractivity contribution >= 4 is 17.3 Å². The van der Waals surface area contributed by atoms with E-state index in [0.717, 1.165) is 16.8 Å². The van der Waals surface area contributed by atoms with Gasteiger partial charge in [-0.1, -0.05) is 72.3 Å². The molecule has 2 nitrogen and oxygen atoms in total. The molecule has 0 aliphatic heterocycles. The van der Waals surface area contributed by atoms with Crippen molar-refractivity contribution in [3.8, 4) is 0 Å². The molecular weight excluding hydrogens is 318 g/mol. The first kappa shape index (κ1) is 16.6. The highest BCUT2D eigenvalue weighted by Gasteiger charge is 2.17. The number of halogens is 1. The Balaban J connectivity index is 1.81. The molecule has 0 radical (unpaired) electrons. The summed E-state index contributed by atoms with van der Waals surface area (Å²) >= 11 is 5.96. The minimum atomic E-state index is -0.531. The number of rotatable bonds is 6. The van der Waals surface area contributed by atoms with Crippen LogP contribution in [0.1, 0.15) is 29.7 Å². The van der Waals surface area contributed by atoms with E-state index in [0.29, 0.717) is 11.4 Å². The van der Waals surface area contributed by atoms with Gasteiger partial charge < -0.3 is 10.4 Å². The van der Waals surface area contributed by atoms with Crippen molar-refractivity contribution in [3.63, 3.8) is 0 Å². The fourth-order valence-corrected chi connectivity index (χ4v) is 2.87. The molecule has 0 aromatic heterocycles. The first-order chi connectivity index (χ1) is 11.7. The highest BCUT2D eigenvalue weighted by Crippen LogP contribution is 2.30. The van der Waals surface area contributed by atoms with Crippen LogP contribution in [0.2, 0.25) is 5.02 Å². The average molecular weight is 338 g/mol. The molecule has 3 rings (SSSR count). The first-order valence-corrected chi connectivity index (χ1v) is 8.40. The van der Waals surface area contributed by atoms with Crippen LogP contribution in [0.3, 0.4) is 0 Å². The first-order valence-electron chi connectivity index (χ1n) is 8.02. The molecule has 0 fully saturated rings. The van der Waals surface area contributed by atoms with Gasteiger partial charge in [-0.15, -0.1) is 0 Å². The van der Waals surface area contributed by atoms with Crippen LogP contribution >= 0.6 is 11.6 Å². The standard InChI is InChI=1S/C21H20ClNO/c22-18-11-13-19(14-12-18)23-20(16-7-3-1-4-8-16)15-21(24)17-9-5-2-6-10-17/h1-14,20-21,23-24H,15H2/t20-,21-/m1/s1. The SMILES string of the molecule is O[C@H](C[C@@H](Nc1ccc(Cl)cc1)c1ccccc1)c1ccccc1. The normalized spacial score (nSPS) is 13.2. The van der Waals surface area contributed by atoms with E-state index in [1.165, 1.54) is 0 Å². The quantitative estimate of drug-likeness (QED) is 0.612. The lowest BCUT2D eigenvalue weighted by atomic mass is 9.96. The molecule has 122 valence electrons. The van der Waals surface area contributed by atoms with Crippen LogP contribution in [0.4, 0.5) is 5.69 Å². The van der Waals surface area contributed by atoms with Crippen LogP contribution < -0.4 is 5.32 Å². The molecule has 24 heavy (non-hydrogen) atoms. The van der Waals surface area contributed by atoms with Crippen LogP contribution in [0.25, 0.3) is 0 Å². The van der Waals surface area contributed by atoms with Gasteiger partial charge in [-0.3, -0.25) is 0 Å². The summed E-state index contributed by atoms with van der Waals surface area (Å²) in [6, 6.07) is 27.6. The van der Waals surface area contributed by atoms with Gasteiger partial charge in [0.05, 0.1) is 12.1 Å². The lowest BCUT2D eigenvalue weighted by molar-refractivity contribution is 0.160. The van der Waals surface area contributed by atoms with Gasteiger partial charge in [0.25, 0.3) is 0 Å². The van der Waals surface area contributed by atoms with E-state index in [1.54, 1.807) is 0 Å². The summed E-state index contributed by atoms with van der Waals surface area (Å²) < 4.78 is 0. The van der Waals surface area contributed by atoms with Crippen molar-refractivity contribution in [3.05, 3.63) is 101 Å². The van der Waals surface area contributed by atoms with E-state index < -0.39 is 6.10 Å². The van der Waals surface area contributed by atoms with Gasteiger partial charge in [-0.05, 0) is 35.4 Å². The summed E-state index contributed by atoms with van der Waals surface area (Å²) in [5.74, 6) is 0. The summed E-state index contributed by atoms with van der Waals surface area (Å²) in [7, 11) is 0. The molecule has 0 spiro atoms. The monoisotopic (exact) mass is 337 g/mol. The van der Waals surface area contributed by atoms with Gasteiger partial charge in [-0.2, -0.15) is 0 Å². The molecule has 3 heteroatoms. The number of hydrogen-bond acceptors (Lipinski definition) is 2. The van der Waals surface area contributed by atoms with E-state index in [-0.39, 0.29) is 6.04 Å². The van der Waals surface area contributed by atoms with E-state index in [2.05, 4.69) is 17.4 Å². The van der Waals surface area contributed by atoms with Gasteiger partial charge >= 0.3 is 0 Å². The zero-order valence-electron chi connectivity index (χ0n) is 13.3. The Kier molecular flexibility index (Phi) is 5.52. The van der Waals surface area contributed by atoms with Gasteiger partial charge in [0.2, 0.25) is 0 Å². The molecule has 0 bridgehead atoms. The van der Waals surface area contributed by atoms with E-state index in [9.17, 15) is 5.11 Å². The molecule has 0 amide bonds. The smallest absolute Gasteiger partial charge is 0.0812 e. The van der Waals surface area contributed by atoms with Gasteiger partial charge in [0.1, 0.15) is 0 Å². The second kappa shape index (κ2) is 8.00. The van der Waals surface area contributed by atoms with E-state index in [4.69, 9.17) is 11.6 Å². The molecule has 0 saturated carbocycles. The maximum absolute atomic E-state index is 10.6. The van der Waals surface area contributed by atoms with Crippen molar-refractivity contribution in [2.45, 2.75) is 18.6 Å². The molecule has 3 aromatic carbocycles. The van der Waals surface area contributed by atoms with Crippen LogP contribution in [0, 0.1) is 0 Å².